The lowest BCUT2D eigenvalue weighted by Crippen LogP contribution is -2.44. The van der Waals surface area contributed by atoms with E-state index in [9.17, 15) is 0 Å². The first kappa shape index (κ1) is 12.3. The van der Waals surface area contributed by atoms with Crippen LogP contribution in [0.3, 0.4) is 0 Å². The molecule has 1 aliphatic heterocycles. The molecule has 0 radical (unpaired) electrons. The maximum absolute atomic E-state index is 5.62. The number of hydrogen-bond donors (Lipinski definition) is 0. The van der Waals surface area contributed by atoms with Gasteiger partial charge < -0.3 is 14.4 Å². The van der Waals surface area contributed by atoms with Crippen molar-refractivity contribution in [2.24, 2.45) is 0 Å². The molecule has 1 aliphatic rings. The molecule has 1 aromatic rings. The van der Waals surface area contributed by atoms with Crippen molar-refractivity contribution in [1.29, 1.82) is 0 Å². The lowest BCUT2D eigenvalue weighted by atomic mass is 10.2. The first-order valence-electron chi connectivity index (χ1n) is 5.87. The Morgan fingerprint density at radius 1 is 1.47 bits per heavy atom. The summed E-state index contributed by atoms with van der Waals surface area (Å²) in [5, 5.41) is 0. The van der Waals surface area contributed by atoms with Gasteiger partial charge in [0, 0.05) is 32.0 Å². The van der Waals surface area contributed by atoms with Crippen LogP contribution >= 0.6 is 0 Å². The number of ether oxygens (including phenoxy) is 2. The molecule has 5 heteroatoms. The predicted molar refractivity (Wildman–Crippen MR) is 65.3 cm³/mol. The topological polar surface area (TPSA) is 47.5 Å². The highest BCUT2D eigenvalue weighted by atomic mass is 16.5. The highest BCUT2D eigenvalue weighted by Crippen LogP contribution is 2.16. The van der Waals surface area contributed by atoms with Gasteiger partial charge in [0.05, 0.1) is 19.3 Å². The molecule has 1 fully saturated rings. The highest BCUT2D eigenvalue weighted by molar-refractivity contribution is 5.40. The highest BCUT2D eigenvalue weighted by Gasteiger charge is 2.21. The number of morpholine rings is 1. The van der Waals surface area contributed by atoms with Gasteiger partial charge in [-0.1, -0.05) is 0 Å². The molecule has 0 bridgehead atoms. The van der Waals surface area contributed by atoms with Gasteiger partial charge in [0.2, 0.25) is 0 Å². The summed E-state index contributed by atoms with van der Waals surface area (Å²) in [7, 11) is 1.70. The van der Waals surface area contributed by atoms with Gasteiger partial charge >= 0.3 is 0 Å². The molecule has 0 saturated carbocycles. The molecule has 17 heavy (non-hydrogen) atoms. The molecular formula is C12H19N3O2. The summed E-state index contributed by atoms with van der Waals surface area (Å²) < 4.78 is 10.7. The summed E-state index contributed by atoms with van der Waals surface area (Å²) in [4.78, 5) is 11.0. The zero-order valence-electron chi connectivity index (χ0n) is 10.6. The third-order valence-electron chi connectivity index (χ3n) is 2.77. The second-order valence-corrected chi connectivity index (χ2v) is 4.31. The predicted octanol–water partition coefficient (Wildman–Crippen LogP) is 0.945. The molecule has 0 N–H and O–H groups in total. The molecule has 5 nitrogen and oxygen atoms in total. The summed E-state index contributed by atoms with van der Waals surface area (Å²) in [5.74, 6) is 1.80. The minimum atomic E-state index is 0.129. The van der Waals surface area contributed by atoms with E-state index in [1.165, 1.54) is 0 Å². The number of anilines is 1. The molecule has 0 aromatic carbocycles. The van der Waals surface area contributed by atoms with E-state index in [4.69, 9.17) is 9.47 Å². The van der Waals surface area contributed by atoms with Crippen LogP contribution in [0.15, 0.2) is 6.07 Å². The average molecular weight is 237 g/mol. The monoisotopic (exact) mass is 237 g/mol. The second kappa shape index (κ2) is 5.42. The van der Waals surface area contributed by atoms with E-state index < -0.39 is 0 Å². The quantitative estimate of drug-likeness (QED) is 0.783. The first-order chi connectivity index (χ1) is 8.19. The number of nitrogens with zero attached hydrogens (tertiary/aromatic N) is 3. The van der Waals surface area contributed by atoms with E-state index in [2.05, 4.69) is 14.9 Å². The van der Waals surface area contributed by atoms with Crippen LogP contribution in [0.25, 0.3) is 0 Å². The molecule has 0 spiro atoms. The third-order valence-corrected chi connectivity index (χ3v) is 2.77. The fraction of sp³-hybridized carbons (Fsp3) is 0.667. The van der Waals surface area contributed by atoms with Crippen LogP contribution < -0.4 is 4.90 Å². The molecule has 1 unspecified atom stereocenters. The van der Waals surface area contributed by atoms with Crippen LogP contribution in [0.1, 0.15) is 11.5 Å². The molecule has 2 heterocycles. The molecule has 2 rings (SSSR count). The van der Waals surface area contributed by atoms with E-state index in [1.54, 1.807) is 7.11 Å². The largest absolute Gasteiger partial charge is 0.382 e. The molecule has 1 atom stereocenters. The fourth-order valence-corrected chi connectivity index (χ4v) is 2.07. The Labute approximate surface area is 102 Å². The van der Waals surface area contributed by atoms with E-state index in [0.29, 0.717) is 6.61 Å². The van der Waals surface area contributed by atoms with Gasteiger partial charge in [-0.05, 0) is 13.8 Å². The minimum absolute atomic E-state index is 0.129. The van der Waals surface area contributed by atoms with Gasteiger partial charge in [0.25, 0.3) is 0 Å². The summed E-state index contributed by atoms with van der Waals surface area (Å²) in [6, 6.07) is 2.02. The third kappa shape index (κ3) is 3.14. The second-order valence-electron chi connectivity index (χ2n) is 4.31. The molecule has 1 saturated heterocycles. The SMILES string of the molecule is COCC1CN(c2cc(C)nc(C)n2)CCO1. The lowest BCUT2D eigenvalue weighted by Gasteiger charge is -2.33. The zero-order valence-corrected chi connectivity index (χ0v) is 10.6. The van der Waals surface area contributed by atoms with Gasteiger partial charge in [0.15, 0.2) is 0 Å². The Morgan fingerprint density at radius 2 is 2.29 bits per heavy atom. The van der Waals surface area contributed by atoms with Crippen LogP contribution in [-0.4, -0.2) is 49.5 Å². The Hall–Kier alpha value is -1.20. The van der Waals surface area contributed by atoms with E-state index >= 15 is 0 Å². The van der Waals surface area contributed by atoms with Crippen LogP contribution in [0, 0.1) is 13.8 Å². The van der Waals surface area contributed by atoms with Gasteiger partial charge in [-0.25, -0.2) is 9.97 Å². The average Bonchev–Trinajstić information content (AvgIpc) is 2.28. The van der Waals surface area contributed by atoms with Crippen LogP contribution in [0.5, 0.6) is 0 Å². The van der Waals surface area contributed by atoms with Crippen LogP contribution in [0.2, 0.25) is 0 Å². The summed E-state index contributed by atoms with van der Waals surface area (Å²) in [6.45, 7) is 6.95. The van der Waals surface area contributed by atoms with Gasteiger partial charge in [0.1, 0.15) is 11.6 Å². The Morgan fingerprint density at radius 3 is 3.00 bits per heavy atom. The van der Waals surface area contributed by atoms with Crippen LogP contribution in [-0.2, 0) is 9.47 Å². The minimum Gasteiger partial charge on any atom is -0.382 e. The van der Waals surface area contributed by atoms with Crippen molar-refractivity contribution in [1.82, 2.24) is 9.97 Å². The normalized spacial score (nSPS) is 20.6. The van der Waals surface area contributed by atoms with Gasteiger partial charge in [-0.3, -0.25) is 0 Å². The lowest BCUT2D eigenvalue weighted by molar-refractivity contribution is -0.0102. The van der Waals surface area contributed by atoms with Crippen LogP contribution in [0.4, 0.5) is 5.82 Å². The molecule has 0 aliphatic carbocycles. The van der Waals surface area contributed by atoms with Crippen molar-refractivity contribution in [2.45, 2.75) is 20.0 Å². The van der Waals surface area contributed by atoms with Gasteiger partial charge in [-0.2, -0.15) is 0 Å². The standard InChI is InChI=1S/C12H19N3O2/c1-9-6-12(14-10(2)13-9)15-4-5-17-11(7-15)8-16-3/h6,11H,4-5,7-8H2,1-3H3. The van der Waals surface area contributed by atoms with Crippen molar-refractivity contribution < 1.29 is 9.47 Å². The number of rotatable bonds is 3. The number of aromatic nitrogens is 2. The molecular weight excluding hydrogens is 218 g/mol. The first-order valence-corrected chi connectivity index (χ1v) is 5.87. The van der Waals surface area contributed by atoms with Crippen molar-refractivity contribution >= 4 is 5.82 Å². The Bertz CT molecular complexity index is 362. The fourth-order valence-electron chi connectivity index (χ4n) is 2.07. The Balaban J connectivity index is 2.10. The van der Waals surface area contributed by atoms with E-state index in [1.807, 2.05) is 19.9 Å². The summed E-state index contributed by atoms with van der Waals surface area (Å²) >= 11 is 0. The van der Waals surface area contributed by atoms with E-state index in [-0.39, 0.29) is 6.10 Å². The van der Waals surface area contributed by atoms with Crippen molar-refractivity contribution in [3.63, 3.8) is 0 Å². The number of hydrogen-bond acceptors (Lipinski definition) is 5. The molecule has 0 amide bonds. The van der Waals surface area contributed by atoms with Crippen molar-refractivity contribution in [3.8, 4) is 0 Å². The maximum atomic E-state index is 5.62. The smallest absolute Gasteiger partial charge is 0.132 e. The number of methoxy groups -OCH3 is 1. The Kier molecular flexibility index (Phi) is 3.91. The van der Waals surface area contributed by atoms with Gasteiger partial charge in [-0.15, -0.1) is 0 Å². The van der Waals surface area contributed by atoms with Crippen molar-refractivity contribution in [2.75, 3.05) is 38.3 Å². The zero-order chi connectivity index (χ0) is 12.3. The number of aryl methyl sites for hydroxylation is 2. The maximum Gasteiger partial charge on any atom is 0.132 e. The molecule has 94 valence electrons. The van der Waals surface area contributed by atoms with E-state index in [0.717, 1.165) is 37.0 Å². The van der Waals surface area contributed by atoms with Crippen molar-refractivity contribution in [3.05, 3.63) is 17.6 Å². The summed E-state index contributed by atoms with van der Waals surface area (Å²) in [5.41, 5.74) is 1.00. The summed E-state index contributed by atoms with van der Waals surface area (Å²) in [6.07, 6.45) is 0.129. The molecule has 1 aromatic heterocycles.